The molecule has 5 nitrogen and oxygen atoms in total. The number of hydrogen-bond donors (Lipinski definition) is 2. The quantitative estimate of drug-likeness (QED) is 0.741. The van der Waals surface area contributed by atoms with Gasteiger partial charge < -0.3 is 24.4 Å². The van der Waals surface area contributed by atoms with Crippen LogP contribution in [-0.4, -0.2) is 47.5 Å². The van der Waals surface area contributed by atoms with Crippen LogP contribution in [0.1, 0.15) is 5.56 Å². The number of fused-ring (bicyclic) bond motifs is 1. The molecule has 2 fully saturated rings. The van der Waals surface area contributed by atoms with E-state index in [4.69, 9.17) is 14.2 Å². The Balaban J connectivity index is 1.48. The van der Waals surface area contributed by atoms with Crippen LogP contribution in [0.2, 0.25) is 0 Å². The lowest BCUT2D eigenvalue weighted by molar-refractivity contribution is -0.200. The van der Waals surface area contributed by atoms with Gasteiger partial charge in [0.25, 0.3) is 0 Å². The first kappa shape index (κ1) is 12.1. The Labute approximate surface area is 105 Å². The zero-order chi connectivity index (χ0) is 12.5. The zero-order valence-corrected chi connectivity index (χ0v) is 9.81. The van der Waals surface area contributed by atoms with Crippen LogP contribution in [0.4, 0.5) is 0 Å². The summed E-state index contributed by atoms with van der Waals surface area (Å²) >= 11 is 0. The molecule has 1 aromatic rings. The maximum atomic E-state index is 9.85. The highest BCUT2D eigenvalue weighted by molar-refractivity contribution is 5.13. The standard InChI is InChI=1S/C13H16O5/c14-10-9(17-13(15)12-11(10)18-12)7-16-6-8-4-2-1-3-5-8/h1-5,9-15H,6-7H2/t9-,10+,11-,12+,13+/m1/s1. The molecule has 0 bridgehead atoms. The maximum absolute atomic E-state index is 9.85. The van der Waals surface area contributed by atoms with Gasteiger partial charge in [0.1, 0.15) is 24.4 Å². The number of aliphatic hydroxyl groups is 2. The number of benzene rings is 1. The Bertz CT molecular complexity index is 396. The molecule has 0 spiro atoms. The topological polar surface area (TPSA) is 71.5 Å². The van der Waals surface area contributed by atoms with Gasteiger partial charge in [-0.3, -0.25) is 0 Å². The lowest BCUT2D eigenvalue weighted by Crippen LogP contribution is -2.47. The van der Waals surface area contributed by atoms with Gasteiger partial charge in [-0.05, 0) is 5.56 Å². The van der Waals surface area contributed by atoms with Crippen LogP contribution in [-0.2, 0) is 20.8 Å². The molecule has 0 aromatic heterocycles. The van der Waals surface area contributed by atoms with E-state index in [1.807, 2.05) is 30.3 Å². The third-order valence-electron chi connectivity index (χ3n) is 3.27. The highest BCUT2D eigenvalue weighted by Gasteiger charge is 2.57. The predicted molar refractivity (Wildman–Crippen MR) is 61.6 cm³/mol. The molecule has 0 unspecified atom stereocenters. The average molecular weight is 252 g/mol. The van der Waals surface area contributed by atoms with Gasteiger partial charge in [-0.25, -0.2) is 0 Å². The third kappa shape index (κ3) is 2.41. The van der Waals surface area contributed by atoms with Crippen LogP contribution in [0.5, 0.6) is 0 Å². The molecule has 2 saturated heterocycles. The molecule has 5 atom stereocenters. The smallest absolute Gasteiger partial charge is 0.184 e. The summed E-state index contributed by atoms with van der Waals surface area (Å²) < 4.78 is 15.9. The summed E-state index contributed by atoms with van der Waals surface area (Å²) in [7, 11) is 0. The summed E-state index contributed by atoms with van der Waals surface area (Å²) in [5.74, 6) is 0. The average Bonchev–Trinajstić information content (AvgIpc) is 3.17. The fourth-order valence-electron chi connectivity index (χ4n) is 2.19. The molecule has 0 saturated carbocycles. The number of rotatable bonds is 4. The van der Waals surface area contributed by atoms with Crippen LogP contribution in [0, 0.1) is 0 Å². The minimum absolute atomic E-state index is 0.236. The minimum atomic E-state index is -0.955. The molecule has 0 radical (unpaired) electrons. The van der Waals surface area contributed by atoms with Crippen molar-refractivity contribution >= 4 is 0 Å². The molecular weight excluding hydrogens is 236 g/mol. The minimum Gasteiger partial charge on any atom is -0.387 e. The van der Waals surface area contributed by atoms with Gasteiger partial charge in [-0.2, -0.15) is 0 Å². The molecule has 18 heavy (non-hydrogen) atoms. The van der Waals surface area contributed by atoms with Crippen molar-refractivity contribution in [1.29, 1.82) is 0 Å². The van der Waals surface area contributed by atoms with Crippen LogP contribution in [0.3, 0.4) is 0 Å². The first-order valence-corrected chi connectivity index (χ1v) is 6.04. The van der Waals surface area contributed by atoms with Crippen molar-refractivity contribution in [2.75, 3.05) is 6.61 Å². The molecule has 2 N–H and O–H groups in total. The van der Waals surface area contributed by atoms with Gasteiger partial charge >= 0.3 is 0 Å². The van der Waals surface area contributed by atoms with Gasteiger partial charge in [0.15, 0.2) is 6.29 Å². The molecule has 2 heterocycles. The Kier molecular flexibility index (Phi) is 3.32. The van der Waals surface area contributed by atoms with E-state index in [-0.39, 0.29) is 18.8 Å². The molecule has 0 amide bonds. The van der Waals surface area contributed by atoms with Crippen LogP contribution in [0.15, 0.2) is 30.3 Å². The number of hydrogen-bond acceptors (Lipinski definition) is 5. The molecule has 3 rings (SSSR count). The SMILES string of the molecule is O[C@@H]1[C@H]2O[C@@H]2[C@@H](O)O[C@@H]1COCc1ccccc1. The number of ether oxygens (including phenoxy) is 3. The van der Waals surface area contributed by atoms with Crippen molar-refractivity contribution in [2.24, 2.45) is 0 Å². The highest BCUT2D eigenvalue weighted by Crippen LogP contribution is 2.36. The van der Waals surface area contributed by atoms with Crippen LogP contribution < -0.4 is 0 Å². The summed E-state index contributed by atoms with van der Waals surface area (Å²) in [6.07, 6.45) is -2.89. The van der Waals surface area contributed by atoms with Crippen LogP contribution in [0.25, 0.3) is 0 Å². The summed E-state index contributed by atoms with van der Waals surface area (Å²) in [6, 6.07) is 9.76. The van der Waals surface area contributed by atoms with E-state index in [2.05, 4.69) is 0 Å². The van der Waals surface area contributed by atoms with Crippen molar-refractivity contribution in [3.8, 4) is 0 Å². The second-order valence-electron chi connectivity index (χ2n) is 4.62. The van der Waals surface area contributed by atoms with E-state index in [9.17, 15) is 10.2 Å². The molecule has 2 aliphatic rings. The molecule has 2 aliphatic heterocycles. The lowest BCUT2D eigenvalue weighted by atomic mass is 10.1. The van der Waals surface area contributed by atoms with Gasteiger partial charge in [0.2, 0.25) is 0 Å². The van der Waals surface area contributed by atoms with Crippen molar-refractivity contribution in [1.82, 2.24) is 0 Å². The monoisotopic (exact) mass is 252 g/mol. The Morgan fingerprint density at radius 3 is 2.61 bits per heavy atom. The zero-order valence-electron chi connectivity index (χ0n) is 9.81. The molecular formula is C13H16O5. The summed E-state index contributed by atoms with van der Waals surface area (Å²) in [5, 5.41) is 19.4. The van der Waals surface area contributed by atoms with Crippen molar-refractivity contribution in [3.05, 3.63) is 35.9 Å². The highest BCUT2D eigenvalue weighted by atomic mass is 16.7. The molecule has 0 aliphatic carbocycles. The lowest BCUT2D eigenvalue weighted by Gasteiger charge is -2.28. The van der Waals surface area contributed by atoms with Gasteiger partial charge in [0.05, 0.1) is 13.2 Å². The van der Waals surface area contributed by atoms with Gasteiger partial charge in [-0.15, -0.1) is 0 Å². The summed E-state index contributed by atoms with van der Waals surface area (Å²) in [6.45, 7) is 0.693. The Morgan fingerprint density at radius 2 is 1.83 bits per heavy atom. The number of epoxide rings is 1. The predicted octanol–water partition coefficient (Wildman–Crippen LogP) is 0.0487. The van der Waals surface area contributed by atoms with Crippen molar-refractivity contribution in [3.63, 3.8) is 0 Å². The maximum Gasteiger partial charge on any atom is 0.184 e. The number of aliphatic hydroxyl groups excluding tert-OH is 2. The third-order valence-corrected chi connectivity index (χ3v) is 3.27. The van der Waals surface area contributed by atoms with Crippen LogP contribution >= 0.6 is 0 Å². The summed E-state index contributed by atoms with van der Waals surface area (Å²) in [5.41, 5.74) is 1.06. The van der Waals surface area contributed by atoms with Gasteiger partial charge in [-0.1, -0.05) is 30.3 Å². The normalized spacial score (nSPS) is 38.2. The second kappa shape index (κ2) is 4.95. The van der Waals surface area contributed by atoms with E-state index >= 15 is 0 Å². The molecule has 98 valence electrons. The van der Waals surface area contributed by atoms with E-state index in [0.717, 1.165) is 5.56 Å². The first-order chi connectivity index (χ1) is 8.75. The van der Waals surface area contributed by atoms with Gasteiger partial charge in [0, 0.05) is 0 Å². The largest absolute Gasteiger partial charge is 0.387 e. The summed E-state index contributed by atoms with van der Waals surface area (Å²) in [4.78, 5) is 0. The Morgan fingerprint density at radius 1 is 1.06 bits per heavy atom. The fourth-order valence-corrected chi connectivity index (χ4v) is 2.19. The first-order valence-electron chi connectivity index (χ1n) is 6.04. The van der Waals surface area contributed by atoms with E-state index in [1.54, 1.807) is 0 Å². The van der Waals surface area contributed by atoms with E-state index < -0.39 is 18.5 Å². The van der Waals surface area contributed by atoms with E-state index in [0.29, 0.717) is 6.61 Å². The van der Waals surface area contributed by atoms with Crippen molar-refractivity contribution < 1.29 is 24.4 Å². The second-order valence-corrected chi connectivity index (χ2v) is 4.62. The molecule has 5 heteroatoms. The van der Waals surface area contributed by atoms with Crippen molar-refractivity contribution in [2.45, 2.75) is 37.3 Å². The van der Waals surface area contributed by atoms with E-state index in [1.165, 1.54) is 0 Å². The molecule has 1 aromatic carbocycles. The fraction of sp³-hybridized carbons (Fsp3) is 0.538. The Hall–Kier alpha value is -0.980.